The molecule has 0 atom stereocenters. The molecule has 0 unspecified atom stereocenters. The SMILES string of the molecule is O=C(CCC1CC[N-]CC1)c1ccc2c(c1)CCN(Cc1ccccn1)CC2.[Ac]. The number of Topliss-reactive ketones (excluding diaryl/α,β-unsaturated/α-hetero) is 1. The zero-order valence-corrected chi connectivity index (χ0v) is 22.0. The van der Waals surface area contributed by atoms with Crippen molar-refractivity contribution in [3.8, 4) is 0 Å². The van der Waals surface area contributed by atoms with Crippen LogP contribution in [0, 0.1) is 50.0 Å². The maximum Gasteiger partial charge on any atom is 0.162 e. The van der Waals surface area contributed by atoms with Crippen molar-refractivity contribution in [3.63, 3.8) is 0 Å². The average Bonchev–Trinajstić information content (AvgIpc) is 2.95. The number of hydrogen-bond donors (Lipinski definition) is 0. The number of pyridine rings is 1. The number of carbonyl (C=O) groups excluding carboxylic acids is 1. The Morgan fingerprint density at radius 1 is 1.07 bits per heavy atom. The molecule has 0 saturated carbocycles. The van der Waals surface area contributed by atoms with Gasteiger partial charge in [-0.25, -0.2) is 0 Å². The fourth-order valence-electron chi connectivity index (χ4n) is 4.40. The van der Waals surface area contributed by atoms with Crippen LogP contribution in [0.1, 0.15) is 52.9 Å². The molecule has 4 rings (SSSR count). The van der Waals surface area contributed by atoms with E-state index in [-0.39, 0.29) is 44.1 Å². The summed E-state index contributed by atoms with van der Waals surface area (Å²) in [5.74, 6) is 0.988. The van der Waals surface area contributed by atoms with Gasteiger partial charge in [0.05, 0.1) is 5.69 Å². The quantitative estimate of drug-likeness (QED) is 0.460. The van der Waals surface area contributed by atoms with E-state index in [1.54, 1.807) is 0 Å². The molecule has 29 heavy (non-hydrogen) atoms. The third-order valence-corrected chi connectivity index (χ3v) is 6.21. The Labute approximate surface area is 210 Å². The Balaban J connectivity index is 0.00000240. The van der Waals surface area contributed by atoms with Gasteiger partial charge < -0.3 is 5.32 Å². The first-order chi connectivity index (χ1) is 13.8. The summed E-state index contributed by atoms with van der Waals surface area (Å²) in [6.07, 6.45) is 7.92. The first-order valence-corrected chi connectivity index (χ1v) is 10.7. The summed E-state index contributed by atoms with van der Waals surface area (Å²) in [5, 5.41) is 4.41. The van der Waals surface area contributed by atoms with Crippen molar-refractivity contribution in [1.82, 2.24) is 9.88 Å². The average molecular weight is 604 g/mol. The van der Waals surface area contributed by atoms with Gasteiger partial charge in [0.15, 0.2) is 5.78 Å². The summed E-state index contributed by atoms with van der Waals surface area (Å²) < 4.78 is 0. The van der Waals surface area contributed by atoms with Crippen molar-refractivity contribution < 1.29 is 48.9 Å². The summed E-state index contributed by atoms with van der Waals surface area (Å²) in [4.78, 5) is 19.6. The largest absolute Gasteiger partial charge is 0.662 e. The molecular formula is C24H30AcN3O-. The van der Waals surface area contributed by atoms with Gasteiger partial charge in [0.2, 0.25) is 0 Å². The molecule has 1 fully saturated rings. The molecule has 151 valence electrons. The Kier molecular flexibility index (Phi) is 9.31. The summed E-state index contributed by atoms with van der Waals surface area (Å²) in [6.45, 7) is 4.92. The second-order valence-corrected chi connectivity index (χ2v) is 8.16. The minimum Gasteiger partial charge on any atom is -0.662 e. The first kappa shape index (κ1) is 23.1. The number of ketones is 1. The molecule has 4 nitrogen and oxygen atoms in total. The van der Waals surface area contributed by atoms with Crippen molar-refractivity contribution in [2.45, 2.75) is 45.1 Å². The summed E-state index contributed by atoms with van der Waals surface area (Å²) in [5.41, 5.74) is 4.78. The molecule has 0 spiro atoms. The number of benzene rings is 1. The molecule has 5 heteroatoms. The van der Waals surface area contributed by atoms with E-state index in [1.807, 2.05) is 18.3 Å². The molecule has 1 radical (unpaired) electrons. The van der Waals surface area contributed by atoms with E-state index < -0.39 is 0 Å². The second-order valence-electron chi connectivity index (χ2n) is 8.16. The maximum atomic E-state index is 12.7. The molecule has 1 saturated heterocycles. The zero-order valence-electron chi connectivity index (χ0n) is 17.2. The van der Waals surface area contributed by atoms with Crippen LogP contribution in [0.4, 0.5) is 0 Å². The summed E-state index contributed by atoms with van der Waals surface area (Å²) in [6, 6.07) is 12.5. The number of rotatable bonds is 6. The van der Waals surface area contributed by atoms with Crippen LogP contribution in [-0.4, -0.2) is 41.8 Å². The fraction of sp³-hybridized carbons (Fsp3) is 0.500. The Hall–Kier alpha value is -0.598. The number of fused-ring (bicyclic) bond motifs is 1. The molecule has 1 aromatic carbocycles. The van der Waals surface area contributed by atoms with Crippen LogP contribution in [0.5, 0.6) is 0 Å². The third kappa shape index (κ3) is 6.69. The van der Waals surface area contributed by atoms with E-state index >= 15 is 0 Å². The monoisotopic (exact) mass is 603 g/mol. The first-order valence-electron chi connectivity index (χ1n) is 10.7. The fourth-order valence-corrected chi connectivity index (χ4v) is 4.40. The minimum atomic E-state index is 0. The number of aromatic nitrogens is 1. The second kappa shape index (κ2) is 11.7. The zero-order chi connectivity index (χ0) is 19.2. The van der Waals surface area contributed by atoms with E-state index in [0.29, 0.717) is 18.1 Å². The smallest absolute Gasteiger partial charge is 0.162 e. The molecule has 0 N–H and O–H groups in total. The number of hydrogen-bond acceptors (Lipinski definition) is 3. The molecule has 1 aromatic heterocycles. The molecule has 0 aliphatic carbocycles. The van der Waals surface area contributed by atoms with Crippen molar-refractivity contribution in [1.29, 1.82) is 0 Å². The number of carbonyl (C=O) groups is 1. The normalized spacial score (nSPS) is 17.8. The van der Waals surface area contributed by atoms with Crippen molar-refractivity contribution in [2.75, 3.05) is 26.2 Å². The minimum absolute atomic E-state index is 0. The molecule has 2 aliphatic heterocycles. The van der Waals surface area contributed by atoms with Gasteiger partial charge in [0.1, 0.15) is 0 Å². The van der Waals surface area contributed by atoms with Gasteiger partial charge in [-0.2, -0.15) is 0 Å². The molecule has 0 amide bonds. The van der Waals surface area contributed by atoms with E-state index in [0.717, 1.165) is 76.1 Å². The van der Waals surface area contributed by atoms with Crippen LogP contribution in [0.2, 0.25) is 0 Å². The van der Waals surface area contributed by atoms with E-state index in [4.69, 9.17) is 0 Å². The van der Waals surface area contributed by atoms with Crippen molar-refractivity contribution in [2.24, 2.45) is 5.92 Å². The Morgan fingerprint density at radius 2 is 1.86 bits per heavy atom. The van der Waals surface area contributed by atoms with Crippen LogP contribution < -0.4 is 0 Å². The predicted octanol–water partition coefficient (Wildman–Crippen LogP) is 4.43. The van der Waals surface area contributed by atoms with Gasteiger partial charge in [0.25, 0.3) is 0 Å². The van der Waals surface area contributed by atoms with Crippen LogP contribution in [-0.2, 0) is 19.4 Å². The maximum absolute atomic E-state index is 12.7. The van der Waals surface area contributed by atoms with E-state index in [1.165, 1.54) is 11.1 Å². The van der Waals surface area contributed by atoms with Gasteiger partial charge in [0, 0.05) is 81.9 Å². The molecular weight excluding hydrogens is 573 g/mol. The Bertz CT molecular complexity index is 790. The van der Waals surface area contributed by atoms with Crippen molar-refractivity contribution >= 4 is 5.78 Å². The van der Waals surface area contributed by atoms with Crippen LogP contribution in [0.15, 0.2) is 42.6 Å². The van der Waals surface area contributed by atoms with E-state index in [9.17, 15) is 4.79 Å². The van der Waals surface area contributed by atoms with E-state index in [2.05, 4.69) is 39.5 Å². The third-order valence-electron chi connectivity index (χ3n) is 6.21. The van der Waals surface area contributed by atoms with Crippen LogP contribution in [0.3, 0.4) is 0 Å². The topological polar surface area (TPSA) is 47.3 Å². The van der Waals surface area contributed by atoms with Gasteiger partial charge in [-0.1, -0.05) is 31.0 Å². The number of piperidine rings is 1. The van der Waals surface area contributed by atoms with Gasteiger partial charge in [-0.05, 0) is 54.5 Å². The van der Waals surface area contributed by atoms with Gasteiger partial charge in [-0.3, -0.25) is 14.7 Å². The van der Waals surface area contributed by atoms with Crippen LogP contribution in [0.25, 0.3) is 5.32 Å². The van der Waals surface area contributed by atoms with Crippen molar-refractivity contribution in [3.05, 3.63) is 70.3 Å². The van der Waals surface area contributed by atoms with Gasteiger partial charge in [-0.15, -0.1) is 13.1 Å². The predicted molar refractivity (Wildman–Crippen MR) is 113 cm³/mol. The molecule has 0 bridgehead atoms. The molecule has 2 aromatic rings. The number of nitrogens with zero attached hydrogens (tertiary/aromatic N) is 3. The Morgan fingerprint density at radius 3 is 2.62 bits per heavy atom. The summed E-state index contributed by atoms with van der Waals surface area (Å²) >= 11 is 0. The molecule has 3 heterocycles. The standard InChI is InChI=1S/C24H30N3O.Ac/c28-24(7-4-19-8-13-25-14-9-19)22-6-5-20-10-15-27(16-11-21(20)17-22)18-23-3-1-2-12-26-23;/h1-3,5-6,12,17,19H,4,7-11,13-16,18H2;/q-1;. The molecule has 2 aliphatic rings. The van der Waals surface area contributed by atoms with Crippen LogP contribution >= 0.6 is 0 Å². The summed E-state index contributed by atoms with van der Waals surface area (Å²) in [7, 11) is 0. The van der Waals surface area contributed by atoms with Gasteiger partial charge >= 0.3 is 0 Å².